The smallest absolute Gasteiger partial charge is 0.351 e. The van der Waals surface area contributed by atoms with Crippen molar-refractivity contribution in [1.82, 2.24) is 20.3 Å². The molecule has 182 valence electrons. The van der Waals surface area contributed by atoms with Gasteiger partial charge in [-0.1, -0.05) is 60.7 Å². The highest BCUT2D eigenvalue weighted by molar-refractivity contribution is 5.88. The van der Waals surface area contributed by atoms with E-state index in [4.69, 9.17) is 0 Å². The summed E-state index contributed by atoms with van der Waals surface area (Å²) in [5.41, 5.74) is 6.66. The van der Waals surface area contributed by atoms with Crippen molar-refractivity contribution in [3.05, 3.63) is 88.2 Å². The summed E-state index contributed by atoms with van der Waals surface area (Å²) in [5, 5.41) is 12.0. The average Bonchev–Trinajstić information content (AvgIpc) is 2.88. The van der Waals surface area contributed by atoms with Crippen LogP contribution in [-0.4, -0.2) is 58.9 Å². The second kappa shape index (κ2) is 10.9. The minimum atomic E-state index is -0.604. The Hall–Kier alpha value is -4.05. The molecule has 10 heteroatoms. The van der Waals surface area contributed by atoms with Gasteiger partial charge in [0.15, 0.2) is 0 Å². The van der Waals surface area contributed by atoms with Gasteiger partial charge in [0.1, 0.15) is 6.33 Å². The molecule has 3 aromatic rings. The van der Waals surface area contributed by atoms with Gasteiger partial charge < -0.3 is 9.80 Å². The van der Waals surface area contributed by atoms with Gasteiger partial charge in [-0.05, 0) is 44.1 Å². The minimum Gasteiger partial charge on any atom is -0.351 e. The van der Waals surface area contributed by atoms with Crippen molar-refractivity contribution < 1.29 is 9.72 Å². The average molecular weight is 476 g/mol. The molecule has 2 heterocycles. The molecule has 0 bridgehead atoms. The first-order valence-corrected chi connectivity index (χ1v) is 11.5. The SMILES string of the molecule is CN1CCC(N(C)c2ncnc(NNC(=O)C(c3ccccc3)c3ccccc3)c2[N+](=O)[O-])CC1. The molecule has 4 rings (SSSR count). The van der Waals surface area contributed by atoms with Crippen LogP contribution in [0, 0.1) is 10.1 Å². The van der Waals surface area contributed by atoms with Crippen molar-refractivity contribution in [1.29, 1.82) is 0 Å². The number of anilines is 2. The zero-order chi connectivity index (χ0) is 24.8. The number of carbonyl (C=O) groups excluding carboxylic acids is 1. The molecule has 0 radical (unpaired) electrons. The maximum atomic E-state index is 13.3. The number of amides is 1. The van der Waals surface area contributed by atoms with E-state index < -0.39 is 10.8 Å². The molecule has 1 aromatic heterocycles. The fraction of sp³-hybridized carbons (Fsp3) is 0.320. The van der Waals surface area contributed by atoms with Crippen LogP contribution in [0.15, 0.2) is 67.0 Å². The van der Waals surface area contributed by atoms with E-state index in [1.807, 2.05) is 72.6 Å². The van der Waals surface area contributed by atoms with E-state index in [-0.39, 0.29) is 29.3 Å². The van der Waals surface area contributed by atoms with Crippen LogP contribution >= 0.6 is 0 Å². The summed E-state index contributed by atoms with van der Waals surface area (Å²) in [6.07, 6.45) is 3.03. The van der Waals surface area contributed by atoms with Crippen LogP contribution in [0.4, 0.5) is 17.3 Å². The number of hydrazine groups is 1. The third-order valence-electron chi connectivity index (χ3n) is 6.39. The molecule has 1 aliphatic rings. The predicted octanol–water partition coefficient (Wildman–Crippen LogP) is 3.19. The number of carbonyl (C=O) groups is 1. The molecule has 0 atom stereocenters. The molecule has 2 aromatic carbocycles. The van der Waals surface area contributed by atoms with Gasteiger partial charge in [-0.15, -0.1) is 0 Å². The molecule has 10 nitrogen and oxygen atoms in total. The predicted molar refractivity (Wildman–Crippen MR) is 134 cm³/mol. The first-order valence-electron chi connectivity index (χ1n) is 11.5. The number of hydrogen-bond acceptors (Lipinski definition) is 8. The van der Waals surface area contributed by atoms with Gasteiger partial charge in [-0.3, -0.25) is 25.8 Å². The fourth-order valence-electron chi connectivity index (χ4n) is 4.42. The quantitative estimate of drug-likeness (QED) is 0.377. The Labute approximate surface area is 204 Å². The number of piperidine rings is 1. The highest BCUT2D eigenvalue weighted by Gasteiger charge is 2.31. The van der Waals surface area contributed by atoms with E-state index in [1.165, 1.54) is 6.33 Å². The molecule has 1 aliphatic heterocycles. The molecule has 1 saturated heterocycles. The molecule has 0 saturated carbocycles. The molecule has 0 spiro atoms. The first kappa shape index (κ1) is 24.1. The minimum absolute atomic E-state index is 0.0620. The fourth-order valence-corrected chi connectivity index (χ4v) is 4.42. The summed E-state index contributed by atoms with van der Waals surface area (Å²) in [6.45, 7) is 1.82. The Balaban J connectivity index is 1.57. The summed E-state index contributed by atoms with van der Waals surface area (Å²) in [6, 6.07) is 18.9. The number of nitrogens with zero attached hydrogens (tertiary/aromatic N) is 5. The molecule has 1 fully saturated rings. The van der Waals surface area contributed by atoms with Gasteiger partial charge in [0.25, 0.3) is 0 Å². The number of aromatic nitrogens is 2. The number of rotatable bonds is 8. The third kappa shape index (κ3) is 5.55. The van der Waals surface area contributed by atoms with Crippen molar-refractivity contribution in [2.45, 2.75) is 24.8 Å². The number of benzene rings is 2. The normalized spacial score (nSPS) is 14.5. The Morgan fingerprint density at radius 1 is 1.06 bits per heavy atom. The Bertz CT molecular complexity index is 1110. The molecule has 1 amide bonds. The summed E-state index contributed by atoms with van der Waals surface area (Å²) in [4.78, 5) is 37.2. The van der Waals surface area contributed by atoms with Gasteiger partial charge in [-0.25, -0.2) is 9.97 Å². The lowest BCUT2D eigenvalue weighted by Gasteiger charge is -2.35. The van der Waals surface area contributed by atoms with Gasteiger partial charge in [0, 0.05) is 13.1 Å². The molecular formula is C25H29N7O3. The van der Waals surface area contributed by atoms with Gasteiger partial charge >= 0.3 is 5.69 Å². The maximum Gasteiger partial charge on any atom is 0.355 e. The maximum absolute atomic E-state index is 13.3. The Kier molecular flexibility index (Phi) is 7.51. The van der Waals surface area contributed by atoms with Gasteiger partial charge in [-0.2, -0.15) is 0 Å². The van der Waals surface area contributed by atoms with Crippen molar-refractivity contribution in [3.8, 4) is 0 Å². The van der Waals surface area contributed by atoms with Crippen molar-refractivity contribution in [2.24, 2.45) is 0 Å². The van der Waals surface area contributed by atoms with Crippen molar-refractivity contribution >= 4 is 23.2 Å². The largest absolute Gasteiger partial charge is 0.355 e. The Morgan fingerprint density at radius 2 is 1.63 bits per heavy atom. The first-order chi connectivity index (χ1) is 17.0. The second-order valence-corrected chi connectivity index (χ2v) is 8.67. The summed E-state index contributed by atoms with van der Waals surface area (Å²) < 4.78 is 0. The number of likely N-dealkylation sites (tertiary alicyclic amines) is 1. The van der Waals surface area contributed by atoms with E-state index in [9.17, 15) is 14.9 Å². The van der Waals surface area contributed by atoms with Crippen LogP contribution in [0.3, 0.4) is 0 Å². The van der Waals surface area contributed by atoms with Crippen LogP contribution in [0.25, 0.3) is 0 Å². The van der Waals surface area contributed by atoms with Crippen LogP contribution < -0.4 is 15.8 Å². The lowest BCUT2D eigenvalue weighted by atomic mass is 9.91. The lowest BCUT2D eigenvalue weighted by Crippen LogP contribution is -2.42. The van der Waals surface area contributed by atoms with Gasteiger partial charge in [0.05, 0.1) is 10.8 Å². The zero-order valence-corrected chi connectivity index (χ0v) is 19.8. The molecule has 0 unspecified atom stereocenters. The standard InChI is InChI=1S/C25H29N7O3/c1-30-15-13-20(14-16-30)31(2)24-22(32(34)35)23(26-17-27-24)28-29-25(33)21(18-9-5-3-6-10-18)19-11-7-4-8-12-19/h3-12,17,20-21H,13-16H2,1-2H3,(H,29,33)(H,26,27,28). The highest BCUT2D eigenvalue weighted by Crippen LogP contribution is 2.33. The van der Waals surface area contributed by atoms with Crippen LogP contribution in [0.1, 0.15) is 29.9 Å². The van der Waals surface area contributed by atoms with Crippen LogP contribution in [0.2, 0.25) is 0 Å². The topological polar surface area (TPSA) is 117 Å². The van der Waals surface area contributed by atoms with Crippen LogP contribution in [-0.2, 0) is 4.79 Å². The molecule has 2 N–H and O–H groups in total. The van der Waals surface area contributed by atoms with E-state index in [1.54, 1.807) is 0 Å². The Morgan fingerprint density at radius 3 is 2.17 bits per heavy atom. The zero-order valence-electron chi connectivity index (χ0n) is 19.8. The summed E-state index contributed by atoms with van der Waals surface area (Å²) in [7, 11) is 3.88. The number of nitro groups is 1. The van der Waals surface area contributed by atoms with Gasteiger partial charge in [0.2, 0.25) is 17.5 Å². The van der Waals surface area contributed by atoms with Crippen molar-refractivity contribution in [3.63, 3.8) is 0 Å². The van der Waals surface area contributed by atoms with Crippen LogP contribution in [0.5, 0.6) is 0 Å². The number of nitrogens with one attached hydrogen (secondary N) is 2. The van der Waals surface area contributed by atoms with Crippen molar-refractivity contribution in [2.75, 3.05) is 37.5 Å². The lowest BCUT2D eigenvalue weighted by molar-refractivity contribution is -0.383. The highest BCUT2D eigenvalue weighted by atomic mass is 16.6. The number of hydrogen-bond donors (Lipinski definition) is 2. The molecule has 35 heavy (non-hydrogen) atoms. The summed E-state index contributed by atoms with van der Waals surface area (Å²) in [5.74, 6) is -0.806. The monoisotopic (exact) mass is 475 g/mol. The molecular weight excluding hydrogens is 446 g/mol. The van der Waals surface area contributed by atoms with E-state index in [0.29, 0.717) is 0 Å². The van der Waals surface area contributed by atoms with E-state index in [0.717, 1.165) is 37.1 Å². The molecule has 0 aliphatic carbocycles. The third-order valence-corrected chi connectivity index (χ3v) is 6.39. The van der Waals surface area contributed by atoms with E-state index >= 15 is 0 Å². The second-order valence-electron chi connectivity index (χ2n) is 8.67. The van der Waals surface area contributed by atoms with E-state index in [2.05, 4.69) is 32.8 Å². The summed E-state index contributed by atoms with van der Waals surface area (Å²) >= 11 is 0.